The zero-order chi connectivity index (χ0) is 15.4. The second kappa shape index (κ2) is 7.57. The highest BCUT2D eigenvalue weighted by Crippen LogP contribution is 2.24. The van der Waals surface area contributed by atoms with Crippen molar-refractivity contribution in [3.8, 4) is 0 Å². The van der Waals surface area contributed by atoms with Crippen LogP contribution in [0.25, 0.3) is 0 Å². The summed E-state index contributed by atoms with van der Waals surface area (Å²) < 4.78 is 13.5. The van der Waals surface area contributed by atoms with Crippen LogP contribution in [0.4, 0.5) is 4.39 Å². The quantitative estimate of drug-likeness (QED) is 0.881. The van der Waals surface area contributed by atoms with Crippen molar-refractivity contribution in [1.29, 1.82) is 0 Å². The minimum Gasteiger partial charge on any atom is -0.311 e. The maximum atomic E-state index is 13.5. The molecule has 1 aromatic rings. The van der Waals surface area contributed by atoms with E-state index >= 15 is 0 Å². The molecule has 2 atom stereocenters. The standard InChI is InChI=1S/C17H26ClFN2/c1-4-5-15-11-21(17(9-20-15)12(2)3)10-13-8-14(19)6-7-16(13)18/h6-8,12,15,17,20H,4-5,9-11H2,1-3H3. The lowest BCUT2D eigenvalue weighted by Crippen LogP contribution is -2.57. The van der Waals surface area contributed by atoms with Crippen molar-refractivity contribution in [3.05, 3.63) is 34.6 Å². The van der Waals surface area contributed by atoms with E-state index in [-0.39, 0.29) is 5.82 Å². The lowest BCUT2D eigenvalue weighted by molar-refractivity contribution is 0.0884. The van der Waals surface area contributed by atoms with Gasteiger partial charge in [-0.2, -0.15) is 0 Å². The minimum atomic E-state index is -0.212. The van der Waals surface area contributed by atoms with Crippen LogP contribution >= 0.6 is 11.6 Å². The Labute approximate surface area is 132 Å². The van der Waals surface area contributed by atoms with Gasteiger partial charge in [-0.1, -0.05) is 38.8 Å². The van der Waals surface area contributed by atoms with Crippen LogP contribution in [0.1, 0.15) is 39.2 Å². The average molecular weight is 313 g/mol. The summed E-state index contributed by atoms with van der Waals surface area (Å²) in [6.07, 6.45) is 2.36. The van der Waals surface area contributed by atoms with Crippen LogP contribution in [-0.4, -0.2) is 30.1 Å². The number of halogens is 2. The fourth-order valence-corrected chi connectivity index (χ4v) is 3.34. The highest BCUT2D eigenvalue weighted by molar-refractivity contribution is 6.31. The molecule has 0 amide bonds. The van der Waals surface area contributed by atoms with Crippen LogP contribution in [-0.2, 0) is 6.54 Å². The molecule has 1 aromatic carbocycles. The first kappa shape index (κ1) is 16.7. The Balaban J connectivity index is 2.13. The molecule has 4 heteroatoms. The molecule has 1 N–H and O–H groups in total. The van der Waals surface area contributed by atoms with Crippen LogP contribution in [0.15, 0.2) is 18.2 Å². The first-order valence-corrected chi connectivity index (χ1v) is 8.30. The van der Waals surface area contributed by atoms with Crippen LogP contribution in [0.5, 0.6) is 0 Å². The number of piperazine rings is 1. The molecule has 1 fully saturated rings. The molecule has 2 rings (SSSR count). The summed E-state index contributed by atoms with van der Waals surface area (Å²) in [5, 5.41) is 4.30. The molecule has 0 aromatic heterocycles. The number of hydrogen-bond acceptors (Lipinski definition) is 2. The summed E-state index contributed by atoms with van der Waals surface area (Å²) in [5.41, 5.74) is 0.888. The Morgan fingerprint density at radius 2 is 2.19 bits per heavy atom. The molecule has 2 nitrogen and oxygen atoms in total. The number of hydrogen-bond donors (Lipinski definition) is 1. The van der Waals surface area contributed by atoms with Crippen LogP contribution < -0.4 is 5.32 Å². The van der Waals surface area contributed by atoms with Gasteiger partial charge in [-0.05, 0) is 36.1 Å². The molecule has 0 spiro atoms. The number of nitrogens with one attached hydrogen (secondary N) is 1. The normalized spacial score (nSPS) is 23.7. The Bertz CT molecular complexity index is 464. The first-order valence-electron chi connectivity index (χ1n) is 7.92. The maximum absolute atomic E-state index is 13.5. The molecule has 2 unspecified atom stereocenters. The third-order valence-corrected chi connectivity index (χ3v) is 4.70. The van der Waals surface area contributed by atoms with Crippen molar-refractivity contribution in [1.82, 2.24) is 10.2 Å². The highest BCUT2D eigenvalue weighted by atomic mass is 35.5. The minimum absolute atomic E-state index is 0.212. The Morgan fingerprint density at radius 3 is 2.86 bits per heavy atom. The van der Waals surface area contributed by atoms with Gasteiger partial charge in [0.15, 0.2) is 0 Å². The molecule has 0 bridgehead atoms. The topological polar surface area (TPSA) is 15.3 Å². The molecular formula is C17H26ClFN2. The third-order valence-electron chi connectivity index (χ3n) is 4.33. The molecule has 0 saturated carbocycles. The third kappa shape index (κ3) is 4.41. The fourth-order valence-electron chi connectivity index (χ4n) is 3.16. The van der Waals surface area contributed by atoms with Crippen molar-refractivity contribution in [2.24, 2.45) is 5.92 Å². The van der Waals surface area contributed by atoms with Gasteiger partial charge < -0.3 is 5.32 Å². The Morgan fingerprint density at radius 1 is 1.43 bits per heavy atom. The fraction of sp³-hybridized carbons (Fsp3) is 0.647. The highest BCUT2D eigenvalue weighted by Gasteiger charge is 2.29. The molecule has 0 aliphatic carbocycles. The van der Waals surface area contributed by atoms with Crippen molar-refractivity contribution in [3.63, 3.8) is 0 Å². The number of rotatable bonds is 5. The van der Waals surface area contributed by atoms with Crippen molar-refractivity contribution in [2.45, 2.75) is 52.2 Å². The summed E-state index contributed by atoms with van der Waals surface area (Å²) in [5.74, 6) is 0.350. The number of nitrogens with zero attached hydrogens (tertiary/aromatic N) is 1. The van der Waals surface area contributed by atoms with Gasteiger partial charge >= 0.3 is 0 Å². The molecular weight excluding hydrogens is 287 g/mol. The van der Waals surface area contributed by atoms with Gasteiger partial charge in [-0.3, -0.25) is 4.90 Å². The van der Waals surface area contributed by atoms with Gasteiger partial charge in [0.25, 0.3) is 0 Å². The largest absolute Gasteiger partial charge is 0.311 e. The van der Waals surface area contributed by atoms with E-state index < -0.39 is 0 Å². The zero-order valence-electron chi connectivity index (χ0n) is 13.2. The van der Waals surface area contributed by atoms with Gasteiger partial charge in [0.2, 0.25) is 0 Å². The molecule has 1 aliphatic rings. The Hall–Kier alpha value is -0.640. The average Bonchev–Trinajstić information content (AvgIpc) is 2.43. The van der Waals surface area contributed by atoms with E-state index in [2.05, 4.69) is 31.0 Å². The van der Waals surface area contributed by atoms with E-state index in [1.54, 1.807) is 12.1 Å². The van der Waals surface area contributed by atoms with Gasteiger partial charge in [0.1, 0.15) is 5.82 Å². The molecule has 1 heterocycles. The summed E-state index contributed by atoms with van der Waals surface area (Å²) in [6.45, 7) is 9.42. The summed E-state index contributed by atoms with van der Waals surface area (Å²) >= 11 is 6.23. The molecule has 1 saturated heterocycles. The number of benzene rings is 1. The van der Waals surface area contributed by atoms with Crippen LogP contribution in [0.3, 0.4) is 0 Å². The first-order chi connectivity index (χ1) is 10.0. The lowest BCUT2D eigenvalue weighted by Gasteiger charge is -2.42. The molecule has 21 heavy (non-hydrogen) atoms. The predicted octanol–water partition coefficient (Wildman–Crippen LogP) is 4.08. The Kier molecular flexibility index (Phi) is 6.03. The second-order valence-corrected chi connectivity index (χ2v) is 6.78. The molecule has 118 valence electrons. The van der Waals surface area contributed by atoms with Crippen molar-refractivity contribution >= 4 is 11.6 Å². The lowest BCUT2D eigenvalue weighted by atomic mass is 9.96. The zero-order valence-corrected chi connectivity index (χ0v) is 14.0. The SMILES string of the molecule is CCCC1CN(Cc2cc(F)ccc2Cl)C(C(C)C)CN1. The molecule has 1 aliphatic heterocycles. The smallest absolute Gasteiger partial charge is 0.123 e. The molecule has 0 radical (unpaired) electrons. The summed E-state index contributed by atoms with van der Waals surface area (Å²) in [7, 11) is 0. The summed E-state index contributed by atoms with van der Waals surface area (Å²) in [4.78, 5) is 2.46. The van der Waals surface area contributed by atoms with E-state index in [9.17, 15) is 4.39 Å². The maximum Gasteiger partial charge on any atom is 0.123 e. The van der Waals surface area contributed by atoms with Gasteiger partial charge in [-0.25, -0.2) is 4.39 Å². The van der Waals surface area contributed by atoms with Gasteiger partial charge in [-0.15, -0.1) is 0 Å². The van der Waals surface area contributed by atoms with Gasteiger partial charge in [0, 0.05) is 36.7 Å². The van der Waals surface area contributed by atoms with Crippen LogP contribution in [0.2, 0.25) is 5.02 Å². The second-order valence-electron chi connectivity index (χ2n) is 6.37. The van der Waals surface area contributed by atoms with Crippen LogP contribution in [0, 0.1) is 11.7 Å². The summed E-state index contributed by atoms with van der Waals surface area (Å²) in [6, 6.07) is 5.64. The van der Waals surface area contributed by atoms with E-state index in [4.69, 9.17) is 11.6 Å². The predicted molar refractivity (Wildman–Crippen MR) is 87.1 cm³/mol. The van der Waals surface area contributed by atoms with Crippen molar-refractivity contribution in [2.75, 3.05) is 13.1 Å². The van der Waals surface area contributed by atoms with E-state index in [1.807, 2.05) is 0 Å². The van der Waals surface area contributed by atoms with E-state index in [1.165, 1.54) is 18.9 Å². The van der Waals surface area contributed by atoms with Gasteiger partial charge in [0.05, 0.1) is 0 Å². The van der Waals surface area contributed by atoms with E-state index in [0.29, 0.717) is 23.0 Å². The monoisotopic (exact) mass is 312 g/mol. The van der Waals surface area contributed by atoms with Crippen molar-refractivity contribution < 1.29 is 4.39 Å². The van der Waals surface area contributed by atoms with E-state index in [0.717, 1.165) is 25.2 Å².